The van der Waals surface area contributed by atoms with Crippen LogP contribution in [0.3, 0.4) is 0 Å². The lowest BCUT2D eigenvalue weighted by Gasteiger charge is -2.06. The number of H-pyrrole nitrogens is 1. The molecule has 0 spiro atoms. The fourth-order valence-electron chi connectivity index (χ4n) is 1.46. The Balaban J connectivity index is 2.20. The Hall–Kier alpha value is -2.28. The molecular formula is C10H11N5O2. The summed E-state index contributed by atoms with van der Waals surface area (Å²) in [5, 5.41) is 22.2. The number of nitrogens with two attached hydrogens (primary N) is 1. The summed E-state index contributed by atoms with van der Waals surface area (Å²) in [5.41, 5.74) is 7.06. The number of nitrogens with one attached hydrogen (secondary N) is 1. The Bertz CT molecular complexity index is 511. The number of aromatic nitrogens is 4. The van der Waals surface area contributed by atoms with Crippen LogP contribution in [0, 0.1) is 0 Å². The summed E-state index contributed by atoms with van der Waals surface area (Å²) in [4.78, 5) is 10.7. The first-order valence-electron chi connectivity index (χ1n) is 4.98. The molecule has 2 aromatic rings. The molecule has 0 amide bonds. The summed E-state index contributed by atoms with van der Waals surface area (Å²) in [6.45, 7) is 0. The standard InChI is InChI=1S/C10H11N5O2/c11-8(10(16)17)5-6-2-1-3-7(4-6)9-12-14-15-13-9/h1-4,8H,5,11H2,(H,16,17)(H,12,13,14,15)/t8-/m0/s1. The Morgan fingerprint density at radius 3 is 3.00 bits per heavy atom. The summed E-state index contributed by atoms with van der Waals surface area (Å²) in [5.74, 6) is -0.550. The van der Waals surface area contributed by atoms with Gasteiger partial charge in [0.05, 0.1) is 0 Å². The van der Waals surface area contributed by atoms with Gasteiger partial charge in [-0.05, 0) is 23.3 Å². The van der Waals surface area contributed by atoms with Crippen LogP contribution in [0.1, 0.15) is 5.56 Å². The van der Waals surface area contributed by atoms with E-state index < -0.39 is 12.0 Å². The lowest BCUT2D eigenvalue weighted by molar-refractivity contribution is -0.138. The molecule has 0 radical (unpaired) electrons. The number of tetrazole rings is 1. The third-order valence-corrected chi connectivity index (χ3v) is 2.30. The number of benzene rings is 1. The summed E-state index contributed by atoms with van der Waals surface area (Å²) < 4.78 is 0. The average molecular weight is 233 g/mol. The molecule has 0 aliphatic carbocycles. The second-order valence-electron chi connectivity index (χ2n) is 3.58. The molecule has 0 aliphatic rings. The number of aromatic amines is 1. The van der Waals surface area contributed by atoms with Gasteiger partial charge in [0, 0.05) is 5.56 Å². The Labute approximate surface area is 96.7 Å². The zero-order chi connectivity index (χ0) is 12.3. The third-order valence-electron chi connectivity index (χ3n) is 2.30. The summed E-state index contributed by atoms with van der Waals surface area (Å²) in [6, 6.07) is 6.33. The fraction of sp³-hybridized carbons (Fsp3) is 0.200. The first-order chi connectivity index (χ1) is 8.16. The van der Waals surface area contributed by atoms with E-state index in [1.807, 2.05) is 12.1 Å². The van der Waals surface area contributed by atoms with Crippen LogP contribution in [0.4, 0.5) is 0 Å². The molecule has 0 saturated carbocycles. The molecule has 7 nitrogen and oxygen atoms in total. The van der Waals surface area contributed by atoms with E-state index in [1.165, 1.54) is 0 Å². The van der Waals surface area contributed by atoms with Gasteiger partial charge in [-0.2, -0.15) is 5.21 Å². The number of rotatable bonds is 4. The molecule has 2 rings (SSSR count). The first-order valence-corrected chi connectivity index (χ1v) is 4.98. The molecule has 1 aromatic carbocycles. The Morgan fingerprint density at radius 1 is 1.53 bits per heavy atom. The number of hydrogen-bond donors (Lipinski definition) is 3. The average Bonchev–Trinajstić information content (AvgIpc) is 2.82. The number of hydrogen-bond acceptors (Lipinski definition) is 5. The largest absolute Gasteiger partial charge is 0.480 e. The number of nitrogens with zero attached hydrogens (tertiary/aromatic N) is 3. The maximum atomic E-state index is 10.7. The zero-order valence-corrected chi connectivity index (χ0v) is 8.87. The fourth-order valence-corrected chi connectivity index (χ4v) is 1.46. The van der Waals surface area contributed by atoms with Crippen molar-refractivity contribution < 1.29 is 9.90 Å². The van der Waals surface area contributed by atoms with Gasteiger partial charge in [-0.3, -0.25) is 4.79 Å². The normalized spacial score (nSPS) is 12.3. The van der Waals surface area contributed by atoms with Crippen molar-refractivity contribution >= 4 is 5.97 Å². The van der Waals surface area contributed by atoms with E-state index in [4.69, 9.17) is 10.8 Å². The maximum Gasteiger partial charge on any atom is 0.320 e. The van der Waals surface area contributed by atoms with Gasteiger partial charge in [-0.1, -0.05) is 18.2 Å². The van der Waals surface area contributed by atoms with Gasteiger partial charge in [0.2, 0.25) is 5.82 Å². The van der Waals surface area contributed by atoms with E-state index in [9.17, 15) is 4.79 Å². The number of carbonyl (C=O) groups is 1. The lowest BCUT2D eigenvalue weighted by Crippen LogP contribution is -2.32. The van der Waals surface area contributed by atoms with Crippen molar-refractivity contribution in [3.8, 4) is 11.4 Å². The molecular weight excluding hydrogens is 222 g/mol. The van der Waals surface area contributed by atoms with E-state index >= 15 is 0 Å². The molecule has 4 N–H and O–H groups in total. The molecule has 17 heavy (non-hydrogen) atoms. The second-order valence-corrected chi connectivity index (χ2v) is 3.58. The smallest absolute Gasteiger partial charge is 0.320 e. The first kappa shape index (κ1) is 11.2. The summed E-state index contributed by atoms with van der Waals surface area (Å²) in [6.07, 6.45) is 0.265. The van der Waals surface area contributed by atoms with Crippen LogP contribution in [0.25, 0.3) is 11.4 Å². The highest BCUT2D eigenvalue weighted by Gasteiger charge is 2.12. The molecule has 0 unspecified atom stereocenters. The van der Waals surface area contributed by atoms with E-state index in [1.54, 1.807) is 12.1 Å². The zero-order valence-electron chi connectivity index (χ0n) is 8.87. The summed E-state index contributed by atoms with van der Waals surface area (Å²) in [7, 11) is 0. The molecule has 0 fully saturated rings. The van der Waals surface area contributed by atoms with E-state index in [2.05, 4.69) is 20.6 Å². The van der Waals surface area contributed by atoms with Crippen LogP contribution in [-0.4, -0.2) is 37.7 Å². The summed E-state index contributed by atoms with van der Waals surface area (Å²) >= 11 is 0. The molecule has 1 atom stereocenters. The van der Waals surface area contributed by atoms with Gasteiger partial charge in [-0.25, -0.2) is 0 Å². The molecule has 0 saturated heterocycles. The van der Waals surface area contributed by atoms with Crippen LogP contribution in [0.5, 0.6) is 0 Å². The van der Waals surface area contributed by atoms with Gasteiger partial charge in [0.1, 0.15) is 6.04 Å². The maximum absolute atomic E-state index is 10.7. The van der Waals surface area contributed by atoms with Crippen molar-refractivity contribution in [3.05, 3.63) is 29.8 Å². The minimum atomic E-state index is -1.02. The highest BCUT2D eigenvalue weighted by atomic mass is 16.4. The third kappa shape index (κ3) is 2.64. The predicted octanol–water partition coefficient (Wildman–Crippen LogP) is -0.179. The highest BCUT2D eigenvalue weighted by molar-refractivity contribution is 5.73. The molecule has 0 bridgehead atoms. The SMILES string of the molecule is N[C@@H](Cc1cccc(-c2nn[nH]n2)c1)C(=O)O. The molecule has 0 aliphatic heterocycles. The van der Waals surface area contributed by atoms with Gasteiger partial charge in [0.15, 0.2) is 0 Å². The van der Waals surface area contributed by atoms with E-state index in [-0.39, 0.29) is 6.42 Å². The lowest BCUT2D eigenvalue weighted by atomic mass is 10.0. The quantitative estimate of drug-likeness (QED) is 0.674. The van der Waals surface area contributed by atoms with Crippen molar-refractivity contribution in [1.82, 2.24) is 20.6 Å². The molecule has 7 heteroatoms. The molecule has 88 valence electrons. The van der Waals surface area contributed by atoms with Crippen molar-refractivity contribution in [2.24, 2.45) is 5.73 Å². The van der Waals surface area contributed by atoms with Crippen molar-refractivity contribution in [2.45, 2.75) is 12.5 Å². The van der Waals surface area contributed by atoms with Gasteiger partial charge in [0.25, 0.3) is 0 Å². The van der Waals surface area contributed by atoms with Crippen molar-refractivity contribution in [3.63, 3.8) is 0 Å². The Morgan fingerprint density at radius 2 is 2.35 bits per heavy atom. The van der Waals surface area contributed by atoms with E-state index in [0.29, 0.717) is 5.82 Å². The number of carboxylic acids is 1. The minimum Gasteiger partial charge on any atom is -0.480 e. The van der Waals surface area contributed by atoms with Gasteiger partial charge >= 0.3 is 5.97 Å². The van der Waals surface area contributed by atoms with Crippen LogP contribution in [-0.2, 0) is 11.2 Å². The molecule has 1 heterocycles. The van der Waals surface area contributed by atoms with Crippen LogP contribution in [0.2, 0.25) is 0 Å². The number of carboxylic acid groups (broad SMARTS) is 1. The number of aliphatic carboxylic acids is 1. The van der Waals surface area contributed by atoms with Crippen molar-refractivity contribution in [1.29, 1.82) is 0 Å². The van der Waals surface area contributed by atoms with Crippen LogP contribution >= 0.6 is 0 Å². The Kier molecular flexibility index (Phi) is 3.10. The van der Waals surface area contributed by atoms with Gasteiger partial charge < -0.3 is 10.8 Å². The molecule has 1 aromatic heterocycles. The van der Waals surface area contributed by atoms with Crippen LogP contribution < -0.4 is 5.73 Å². The second kappa shape index (κ2) is 4.71. The monoisotopic (exact) mass is 233 g/mol. The van der Waals surface area contributed by atoms with Crippen LogP contribution in [0.15, 0.2) is 24.3 Å². The minimum absolute atomic E-state index is 0.265. The topological polar surface area (TPSA) is 118 Å². The van der Waals surface area contributed by atoms with E-state index in [0.717, 1.165) is 11.1 Å². The van der Waals surface area contributed by atoms with Gasteiger partial charge in [-0.15, -0.1) is 10.2 Å². The predicted molar refractivity (Wildman–Crippen MR) is 58.9 cm³/mol. The van der Waals surface area contributed by atoms with Crippen molar-refractivity contribution in [2.75, 3.05) is 0 Å². The highest BCUT2D eigenvalue weighted by Crippen LogP contribution is 2.15.